The molecule has 138 valence electrons. The molecule has 0 radical (unpaired) electrons. The van der Waals surface area contributed by atoms with Gasteiger partial charge in [0.25, 0.3) is 5.91 Å². The Balaban J connectivity index is 1.43. The van der Waals surface area contributed by atoms with E-state index in [0.29, 0.717) is 24.5 Å². The fraction of sp³-hybridized carbons (Fsp3) is 0.526. The van der Waals surface area contributed by atoms with Crippen molar-refractivity contribution in [1.82, 2.24) is 4.90 Å². The minimum atomic E-state index is -0.728. The SMILES string of the molecule is CC1Oc2ccccc2N(CC(=O)N2CCC3(CC2)CC3C(=O)O)C1=O. The minimum Gasteiger partial charge on any atom is -0.481 e. The number of fused-ring (bicyclic) bond motifs is 1. The van der Waals surface area contributed by atoms with Gasteiger partial charge in [-0.15, -0.1) is 0 Å². The van der Waals surface area contributed by atoms with Crippen LogP contribution in [-0.4, -0.2) is 53.5 Å². The number of amides is 2. The van der Waals surface area contributed by atoms with Crippen LogP contribution in [0.2, 0.25) is 0 Å². The van der Waals surface area contributed by atoms with Gasteiger partial charge in [0.15, 0.2) is 6.10 Å². The highest BCUT2D eigenvalue weighted by Gasteiger charge is 2.59. The lowest BCUT2D eigenvalue weighted by molar-refractivity contribution is -0.140. The van der Waals surface area contributed by atoms with Gasteiger partial charge < -0.3 is 14.7 Å². The molecule has 2 fully saturated rings. The molecule has 0 bridgehead atoms. The highest BCUT2D eigenvalue weighted by Crippen LogP contribution is 2.59. The van der Waals surface area contributed by atoms with E-state index in [2.05, 4.69) is 0 Å². The summed E-state index contributed by atoms with van der Waals surface area (Å²) < 4.78 is 5.60. The molecule has 26 heavy (non-hydrogen) atoms. The molecule has 2 heterocycles. The maximum atomic E-state index is 12.8. The Labute approximate surface area is 151 Å². The molecular formula is C19H22N2O5. The van der Waals surface area contributed by atoms with E-state index in [-0.39, 0.29) is 29.7 Å². The van der Waals surface area contributed by atoms with Gasteiger partial charge in [-0.25, -0.2) is 0 Å². The van der Waals surface area contributed by atoms with Crippen LogP contribution in [0.5, 0.6) is 5.75 Å². The highest BCUT2D eigenvalue weighted by molar-refractivity contribution is 6.03. The molecule has 1 aliphatic carbocycles. The summed E-state index contributed by atoms with van der Waals surface area (Å²) in [4.78, 5) is 39.7. The lowest BCUT2D eigenvalue weighted by Gasteiger charge is -2.36. The van der Waals surface area contributed by atoms with E-state index in [4.69, 9.17) is 4.74 Å². The average Bonchev–Trinajstić information content (AvgIpc) is 3.33. The van der Waals surface area contributed by atoms with E-state index >= 15 is 0 Å². The number of aliphatic carboxylic acids is 1. The molecule has 7 nitrogen and oxygen atoms in total. The Kier molecular flexibility index (Phi) is 3.89. The number of para-hydroxylation sites is 2. The smallest absolute Gasteiger partial charge is 0.307 e. The Morgan fingerprint density at radius 2 is 1.96 bits per heavy atom. The van der Waals surface area contributed by atoms with Crippen molar-refractivity contribution in [2.24, 2.45) is 11.3 Å². The number of carbonyl (C=O) groups is 3. The summed E-state index contributed by atoms with van der Waals surface area (Å²) in [5, 5.41) is 9.17. The van der Waals surface area contributed by atoms with Crippen LogP contribution in [0.3, 0.4) is 0 Å². The normalized spacial score (nSPS) is 26.3. The number of likely N-dealkylation sites (tertiary alicyclic amines) is 1. The van der Waals surface area contributed by atoms with Crippen molar-refractivity contribution in [2.75, 3.05) is 24.5 Å². The predicted octanol–water partition coefficient (Wildman–Crippen LogP) is 1.51. The monoisotopic (exact) mass is 358 g/mol. The quantitative estimate of drug-likeness (QED) is 0.885. The van der Waals surface area contributed by atoms with Gasteiger partial charge in [0.05, 0.1) is 11.6 Å². The lowest BCUT2D eigenvalue weighted by Crippen LogP contribution is -2.51. The topological polar surface area (TPSA) is 87.2 Å². The molecule has 7 heteroatoms. The second-order valence-electron chi connectivity index (χ2n) is 7.49. The van der Waals surface area contributed by atoms with Gasteiger partial charge in [-0.3, -0.25) is 19.3 Å². The van der Waals surface area contributed by atoms with Crippen molar-refractivity contribution in [3.05, 3.63) is 24.3 Å². The number of hydrogen-bond donors (Lipinski definition) is 1. The fourth-order valence-corrected chi connectivity index (χ4v) is 4.21. The van der Waals surface area contributed by atoms with Crippen molar-refractivity contribution >= 4 is 23.5 Å². The molecule has 1 aromatic carbocycles. The highest BCUT2D eigenvalue weighted by atomic mass is 16.5. The molecule has 1 spiro atoms. The number of ether oxygens (including phenoxy) is 1. The zero-order valence-electron chi connectivity index (χ0n) is 14.7. The van der Waals surface area contributed by atoms with Crippen molar-refractivity contribution in [2.45, 2.75) is 32.3 Å². The Morgan fingerprint density at radius 3 is 2.62 bits per heavy atom. The number of rotatable bonds is 3. The molecule has 2 unspecified atom stereocenters. The second kappa shape index (κ2) is 6.00. The molecule has 1 saturated heterocycles. The van der Waals surface area contributed by atoms with Gasteiger partial charge in [0.2, 0.25) is 5.91 Å². The third-order valence-electron chi connectivity index (χ3n) is 5.97. The molecule has 4 rings (SSSR count). The maximum Gasteiger partial charge on any atom is 0.307 e. The summed E-state index contributed by atoms with van der Waals surface area (Å²) in [7, 11) is 0. The van der Waals surface area contributed by atoms with E-state index in [9.17, 15) is 19.5 Å². The summed E-state index contributed by atoms with van der Waals surface area (Å²) in [6.45, 7) is 2.77. The van der Waals surface area contributed by atoms with Crippen LogP contribution in [-0.2, 0) is 14.4 Å². The van der Waals surface area contributed by atoms with Gasteiger partial charge in [-0.1, -0.05) is 12.1 Å². The average molecular weight is 358 g/mol. The summed E-state index contributed by atoms with van der Waals surface area (Å²) >= 11 is 0. The molecule has 2 amide bonds. The van der Waals surface area contributed by atoms with Crippen LogP contribution in [0.25, 0.3) is 0 Å². The molecule has 0 aromatic heterocycles. The standard InChI is InChI=1S/C19H22N2O5/c1-12-17(23)21(14-4-2-3-5-15(14)26-12)11-16(22)20-8-6-19(7-9-20)10-13(19)18(24)25/h2-5,12-13H,6-11H2,1H3,(H,24,25). The number of benzene rings is 1. The van der Waals surface area contributed by atoms with Crippen LogP contribution < -0.4 is 9.64 Å². The first-order valence-electron chi connectivity index (χ1n) is 8.99. The number of nitrogens with zero attached hydrogens (tertiary/aromatic N) is 2. The number of carbonyl (C=O) groups excluding carboxylic acids is 2. The van der Waals surface area contributed by atoms with Crippen LogP contribution in [0.1, 0.15) is 26.2 Å². The van der Waals surface area contributed by atoms with Gasteiger partial charge in [-0.2, -0.15) is 0 Å². The summed E-state index contributed by atoms with van der Waals surface area (Å²) in [6, 6.07) is 7.21. The number of hydrogen-bond acceptors (Lipinski definition) is 4. The van der Waals surface area contributed by atoms with Gasteiger partial charge >= 0.3 is 5.97 Å². The fourth-order valence-electron chi connectivity index (χ4n) is 4.21. The predicted molar refractivity (Wildman–Crippen MR) is 92.9 cm³/mol. The van der Waals surface area contributed by atoms with Crippen molar-refractivity contribution in [3.8, 4) is 5.75 Å². The third kappa shape index (κ3) is 2.71. The van der Waals surface area contributed by atoms with E-state index in [1.54, 1.807) is 24.0 Å². The Hall–Kier alpha value is -2.57. The zero-order chi connectivity index (χ0) is 18.5. The molecule has 1 aromatic rings. The zero-order valence-corrected chi connectivity index (χ0v) is 14.7. The van der Waals surface area contributed by atoms with Crippen molar-refractivity contribution in [1.29, 1.82) is 0 Å². The Morgan fingerprint density at radius 1 is 1.27 bits per heavy atom. The molecule has 1 saturated carbocycles. The van der Waals surface area contributed by atoms with Crippen molar-refractivity contribution in [3.63, 3.8) is 0 Å². The second-order valence-corrected chi connectivity index (χ2v) is 7.49. The lowest BCUT2D eigenvalue weighted by atomic mass is 9.91. The number of carboxylic acid groups (broad SMARTS) is 1. The summed E-state index contributed by atoms with van der Waals surface area (Å²) in [5.41, 5.74) is 0.504. The molecule has 1 N–H and O–H groups in total. The van der Waals surface area contributed by atoms with E-state index in [1.807, 2.05) is 12.1 Å². The number of anilines is 1. The van der Waals surface area contributed by atoms with Crippen LogP contribution in [0.4, 0.5) is 5.69 Å². The van der Waals surface area contributed by atoms with E-state index in [0.717, 1.165) is 19.3 Å². The van der Waals surface area contributed by atoms with Crippen LogP contribution in [0, 0.1) is 11.3 Å². The van der Waals surface area contributed by atoms with Gasteiger partial charge in [0.1, 0.15) is 12.3 Å². The minimum absolute atomic E-state index is 0.0150. The third-order valence-corrected chi connectivity index (χ3v) is 5.97. The van der Waals surface area contributed by atoms with Gasteiger partial charge in [-0.05, 0) is 43.7 Å². The van der Waals surface area contributed by atoms with Gasteiger partial charge in [0, 0.05) is 13.1 Å². The first kappa shape index (κ1) is 16.9. The van der Waals surface area contributed by atoms with E-state index < -0.39 is 12.1 Å². The number of piperidine rings is 1. The Bertz CT molecular complexity index is 769. The largest absolute Gasteiger partial charge is 0.481 e. The summed E-state index contributed by atoms with van der Waals surface area (Å²) in [6.07, 6.45) is 1.54. The van der Waals surface area contributed by atoms with Crippen LogP contribution in [0.15, 0.2) is 24.3 Å². The molecular weight excluding hydrogens is 336 g/mol. The summed E-state index contributed by atoms with van der Waals surface area (Å²) in [5.74, 6) is -0.710. The van der Waals surface area contributed by atoms with E-state index in [1.165, 1.54) is 4.90 Å². The molecule has 2 atom stereocenters. The van der Waals surface area contributed by atoms with Crippen LogP contribution >= 0.6 is 0 Å². The first-order valence-corrected chi connectivity index (χ1v) is 8.99. The molecule has 2 aliphatic heterocycles. The first-order chi connectivity index (χ1) is 12.4. The maximum absolute atomic E-state index is 12.8. The number of carboxylic acids is 1. The van der Waals surface area contributed by atoms with Crippen molar-refractivity contribution < 1.29 is 24.2 Å². The molecule has 3 aliphatic rings.